The molecule has 132 valence electrons. The van der Waals surface area contributed by atoms with Crippen LogP contribution in [-0.2, 0) is 14.3 Å². The van der Waals surface area contributed by atoms with Crippen molar-refractivity contribution in [2.24, 2.45) is 0 Å². The van der Waals surface area contributed by atoms with Gasteiger partial charge in [0, 0.05) is 19.6 Å². The van der Waals surface area contributed by atoms with Crippen LogP contribution >= 0.6 is 0 Å². The van der Waals surface area contributed by atoms with Gasteiger partial charge in [-0.15, -0.1) is 0 Å². The summed E-state index contributed by atoms with van der Waals surface area (Å²) < 4.78 is 10.1. The number of hydrogen-bond acceptors (Lipinski definition) is 3. The first kappa shape index (κ1) is 21.4. The number of ether oxygens (including phenoxy) is 2. The van der Waals surface area contributed by atoms with Gasteiger partial charge in [0.2, 0.25) is 0 Å². The Morgan fingerprint density at radius 1 is 0.591 bits per heavy atom. The van der Waals surface area contributed by atoms with Crippen LogP contribution in [0.25, 0.3) is 0 Å². The number of hydrogen-bond donors (Lipinski definition) is 0. The molecule has 22 heavy (non-hydrogen) atoms. The van der Waals surface area contributed by atoms with E-state index in [2.05, 4.69) is 11.7 Å². The molecule has 0 aliphatic rings. The van der Waals surface area contributed by atoms with Gasteiger partial charge >= 0.3 is 0 Å². The molecule has 0 aliphatic heterocycles. The zero-order valence-corrected chi connectivity index (χ0v) is 14.8. The van der Waals surface area contributed by atoms with Crippen molar-refractivity contribution < 1.29 is 14.3 Å². The molecule has 0 rings (SSSR count). The fourth-order valence-corrected chi connectivity index (χ4v) is 2.62. The molecule has 3 nitrogen and oxygen atoms in total. The van der Waals surface area contributed by atoms with Crippen molar-refractivity contribution in [2.75, 3.05) is 19.8 Å². The molecular weight excluding hydrogens is 276 g/mol. The van der Waals surface area contributed by atoms with Gasteiger partial charge in [0.15, 0.2) is 0 Å². The van der Waals surface area contributed by atoms with Gasteiger partial charge in [-0.1, -0.05) is 84.0 Å². The molecule has 0 heterocycles. The monoisotopic (exact) mass is 314 g/mol. The zero-order valence-electron chi connectivity index (χ0n) is 14.8. The summed E-state index contributed by atoms with van der Waals surface area (Å²) in [5.41, 5.74) is 0. The molecule has 0 amide bonds. The fourth-order valence-electron chi connectivity index (χ4n) is 2.62. The summed E-state index contributed by atoms with van der Waals surface area (Å²) in [4.78, 5) is 9.91. The SMILES string of the molecule is CCCCCCCCCCCCCCCOCCCOC=O. The largest absolute Gasteiger partial charge is 0.468 e. The van der Waals surface area contributed by atoms with Crippen LogP contribution in [0.1, 0.15) is 96.8 Å². The Morgan fingerprint density at radius 2 is 1.05 bits per heavy atom. The van der Waals surface area contributed by atoms with Crippen LogP contribution in [0.15, 0.2) is 0 Å². The van der Waals surface area contributed by atoms with Crippen molar-refractivity contribution >= 4 is 6.47 Å². The summed E-state index contributed by atoms with van der Waals surface area (Å²) in [6, 6.07) is 0. The lowest BCUT2D eigenvalue weighted by atomic mass is 10.0. The molecule has 0 spiro atoms. The number of rotatable bonds is 19. The van der Waals surface area contributed by atoms with Gasteiger partial charge in [0.25, 0.3) is 6.47 Å². The van der Waals surface area contributed by atoms with Crippen molar-refractivity contribution in [1.29, 1.82) is 0 Å². The van der Waals surface area contributed by atoms with Crippen molar-refractivity contribution in [2.45, 2.75) is 96.8 Å². The summed E-state index contributed by atoms with van der Waals surface area (Å²) in [6.07, 6.45) is 18.7. The Kier molecular flexibility index (Phi) is 19.9. The Morgan fingerprint density at radius 3 is 1.55 bits per heavy atom. The molecule has 0 aromatic heterocycles. The molecule has 0 saturated heterocycles. The first-order valence-corrected chi connectivity index (χ1v) is 9.54. The summed E-state index contributed by atoms with van der Waals surface area (Å²) in [5.74, 6) is 0. The molecule has 0 N–H and O–H groups in total. The first-order valence-electron chi connectivity index (χ1n) is 9.54. The highest BCUT2D eigenvalue weighted by atomic mass is 16.5. The summed E-state index contributed by atoms with van der Waals surface area (Å²) in [7, 11) is 0. The van der Waals surface area contributed by atoms with Crippen molar-refractivity contribution in [3.63, 3.8) is 0 Å². The van der Waals surface area contributed by atoms with Crippen LogP contribution in [0.3, 0.4) is 0 Å². The van der Waals surface area contributed by atoms with Gasteiger partial charge in [-0.25, -0.2) is 0 Å². The van der Waals surface area contributed by atoms with Crippen molar-refractivity contribution in [1.82, 2.24) is 0 Å². The maximum absolute atomic E-state index is 9.91. The quantitative estimate of drug-likeness (QED) is 0.228. The maximum Gasteiger partial charge on any atom is 0.293 e. The van der Waals surface area contributed by atoms with Crippen molar-refractivity contribution in [3.05, 3.63) is 0 Å². The van der Waals surface area contributed by atoms with E-state index in [9.17, 15) is 4.79 Å². The van der Waals surface area contributed by atoms with E-state index >= 15 is 0 Å². The zero-order chi connectivity index (χ0) is 16.1. The van der Waals surface area contributed by atoms with Crippen LogP contribution in [-0.4, -0.2) is 26.3 Å². The number of unbranched alkanes of at least 4 members (excludes halogenated alkanes) is 12. The normalized spacial score (nSPS) is 10.8. The van der Waals surface area contributed by atoms with Crippen LogP contribution < -0.4 is 0 Å². The number of carbonyl (C=O) groups is 1. The molecule has 3 heteroatoms. The minimum atomic E-state index is 0.474. The van der Waals surface area contributed by atoms with Crippen LogP contribution in [0.4, 0.5) is 0 Å². The van der Waals surface area contributed by atoms with E-state index in [0.29, 0.717) is 19.7 Å². The lowest BCUT2D eigenvalue weighted by molar-refractivity contribution is -0.129. The van der Waals surface area contributed by atoms with Gasteiger partial charge < -0.3 is 9.47 Å². The Hall–Kier alpha value is -0.570. The third kappa shape index (κ3) is 19.4. The van der Waals surface area contributed by atoms with Crippen LogP contribution in [0.5, 0.6) is 0 Å². The molecule has 0 radical (unpaired) electrons. The van der Waals surface area contributed by atoms with E-state index in [4.69, 9.17) is 4.74 Å². The third-order valence-electron chi connectivity index (χ3n) is 4.01. The van der Waals surface area contributed by atoms with Gasteiger partial charge in [-0.2, -0.15) is 0 Å². The lowest BCUT2D eigenvalue weighted by Crippen LogP contribution is -2.01. The second kappa shape index (κ2) is 20.4. The minimum absolute atomic E-state index is 0.474. The smallest absolute Gasteiger partial charge is 0.293 e. The van der Waals surface area contributed by atoms with E-state index in [-0.39, 0.29) is 0 Å². The third-order valence-corrected chi connectivity index (χ3v) is 4.01. The predicted molar refractivity (Wildman–Crippen MR) is 93.1 cm³/mol. The Bertz CT molecular complexity index is 207. The fraction of sp³-hybridized carbons (Fsp3) is 0.947. The average Bonchev–Trinajstić information content (AvgIpc) is 2.54. The van der Waals surface area contributed by atoms with Gasteiger partial charge in [-0.3, -0.25) is 4.79 Å². The highest BCUT2D eigenvalue weighted by Gasteiger charge is 1.94. The van der Waals surface area contributed by atoms with Gasteiger partial charge in [0.05, 0.1) is 6.61 Å². The van der Waals surface area contributed by atoms with E-state index in [1.54, 1.807) is 0 Å². The van der Waals surface area contributed by atoms with E-state index in [0.717, 1.165) is 19.4 Å². The van der Waals surface area contributed by atoms with Crippen molar-refractivity contribution in [3.8, 4) is 0 Å². The van der Waals surface area contributed by atoms with E-state index in [1.165, 1.54) is 77.0 Å². The Labute approximate surface area is 138 Å². The number of carbonyl (C=O) groups excluding carboxylic acids is 1. The molecule has 0 aliphatic carbocycles. The summed E-state index contributed by atoms with van der Waals surface area (Å²) in [5, 5.41) is 0. The molecule has 0 aromatic rings. The van der Waals surface area contributed by atoms with Crippen LogP contribution in [0.2, 0.25) is 0 Å². The molecule has 0 atom stereocenters. The highest BCUT2D eigenvalue weighted by Crippen LogP contribution is 2.12. The molecule has 0 aromatic carbocycles. The second-order valence-electron chi connectivity index (χ2n) is 6.18. The first-order chi connectivity index (χ1) is 10.9. The topological polar surface area (TPSA) is 35.5 Å². The minimum Gasteiger partial charge on any atom is -0.468 e. The molecule has 0 bridgehead atoms. The standard InChI is InChI=1S/C19H38O3/c1-2-3-4-5-6-7-8-9-10-11-12-13-14-16-21-17-15-18-22-19-20/h19H,2-18H2,1H3. The summed E-state index contributed by atoms with van der Waals surface area (Å²) >= 11 is 0. The second-order valence-corrected chi connectivity index (χ2v) is 6.18. The van der Waals surface area contributed by atoms with Gasteiger partial charge in [-0.05, 0) is 6.42 Å². The van der Waals surface area contributed by atoms with Crippen LogP contribution in [0, 0.1) is 0 Å². The maximum atomic E-state index is 9.91. The Balaban J connectivity index is 2.92. The molecule has 0 fully saturated rings. The van der Waals surface area contributed by atoms with Gasteiger partial charge in [0.1, 0.15) is 0 Å². The van der Waals surface area contributed by atoms with E-state index in [1.807, 2.05) is 0 Å². The van der Waals surface area contributed by atoms with E-state index < -0.39 is 0 Å². The predicted octanol–water partition coefficient (Wildman–Crippen LogP) is 5.66. The highest BCUT2D eigenvalue weighted by molar-refractivity contribution is 5.36. The lowest BCUT2D eigenvalue weighted by Gasteiger charge is -2.04. The molecule has 0 saturated carbocycles. The molecular formula is C19H38O3. The molecule has 0 unspecified atom stereocenters. The average molecular weight is 315 g/mol. The summed E-state index contributed by atoms with van der Waals surface area (Å²) in [6.45, 7) is 4.79.